The Morgan fingerprint density at radius 3 is 2.24 bits per heavy atom. The highest BCUT2D eigenvalue weighted by atomic mass is 16.7. The van der Waals surface area contributed by atoms with Crippen LogP contribution in [0.3, 0.4) is 0 Å². The Labute approximate surface area is 190 Å². The van der Waals surface area contributed by atoms with Crippen molar-refractivity contribution in [3.05, 3.63) is 70.7 Å². The van der Waals surface area contributed by atoms with Crippen LogP contribution >= 0.6 is 0 Å². The van der Waals surface area contributed by atoms with Gasteiger partial charge in [-0.05, 0) is 30.3 Å². The third-order valence-corrected chi connectivity index (χ3v) is 5.51. The van der Waals surface area contributed by atoms with Crippen molar-refractivity contribution >= 4 is 5.97 Å². The molecule has 9 heteroatoms. The summed E-state index contributed by atoms with van der Waals surface area (Å²) in [5, 5.41) is 11.7. The van der Waals surface area contributed by atoms with Crippen LogP contribution in [0, 0.1) is 0 Å². The second kappa shape index (κ2) is 8.95. The van der Waals surface area contributed by atoms with Crippen molar-refractivity contribution in [1.82, 2.24) is 0 Å². The first kappa shape index (κ1) is 22.3. The van der Waals surface area contributed by atoms with Gasteiger partial charge in [0.2, 0.25) is 12.5 Å². The number of methoxy groups -OCH3 is 4. The molecular weight excluding hydrogens is 432 g/mol. The standard InChI is InChI=1S/C24H24O9/c1-27-16-8-6-15(7-9-16)24(26)17(20(23(25)33-24)19-12-31-13-32-19)11-14-5-10-18(28-2)22(30-4)21(14)29-3/h5-10,12,26H,11,13H2,1-4H3. The highest BCUT2D eigenvalue weighted by Crippen LogP contribution is 2.47. The van der Waals surface area contributed by atoms with Gasteiger partial charge in [0, 0.05) is 23.1 Å². The van der Waals surface area contributed by atoms with E-state index in [-0.39, 0.29) is 30.1 Å². The number of carbonyl (C=O) groups is 1. The molecule has 1 unspecified atom stereocenters. The molecule has 2 aliphatic heterocycles. The maximum absolute atomic E-state index is 12.9. The molecular formula is C24H24O9. The average Bonchev–Trinajstić information content (AvgIpc) is 3.45. The molecule has 0 amide bonds. The monoisotopic (exact) mass is 456 g/mol. The maximum atomic E-state index is 12.9. The first-order valence-corrected chi connectivity index (χ1v) is 10.0. The van der Waals surface area contributed by atoms with Gasteiger partial charge in [0.05, 0.1) is 28.4 Å². The third kappa shape index (κ3) is 3.80. The van der Waals surface area contributed by atoms with Crippen LogP contribution in [-0.4, -0.2) is 46.3 Å². The van der Waals surface area contributed by atoms with Gasteiger partial charge in [-0.25, -0.2) is 4.79 Å². The number of ether oxygens (including phenoxy) is 7. The fraction of sp³-hybridized carbons (Fsp3) is 0.292. The van der Waals surface area contributed by atoms with Gasteiger partial charge >= 0.3 is 5.97 Å². The van der Waals surface area contributed by atoms with E-state index in [1.165, 1.54) is 34.7 Å². The van der Waals surface area contributed by atoms with Crippen molar-refractivity contribution in [3.63, 3.8) is 0 Å². The van der Waals surface area contributed by atoms with Gasteiger partial charge in [0.15, 0.2) is 17.3 Å². The second-order valence-electron chi connectivity index (χ2n) is 7.20. The van der Waals surface area contributed by atoms with Crippen LogP contribution in [0.1, 0.15) is 11.1 Å². The van der Waals surface area contributed by atoms with Gasteiger partial charge in [0.25, 0.3) is 5.79 Å². The van der Waals surface area contributed by atoms with E-state index in [1.54, 1.807) is 36.4 Å². The SMILES string of the molecule is COc1ccc(C2(O)OC(=O)C(C3=COCO3)=C2Cc2ccc(OC)c(OC)c2OC)cc1. The highest BCUT2D eigenvalue weighted by molar-refractivity contribution is 5.97. The summed E-state index contributed by atoms with van der Waals surface area (Å²) < 4.78 is 37.7. The van der Waals surface area contributed by atoms with E-state index in [0.717, 1.165) is 0 Å². The number of rotatable bonds is 8. The van der Waals surface area contributed by atoms with Crippen LogP contribution in [0.25, 0.3) is 0 Å². The second-order valence-corrected chi connectivity index (χ2v) is 7.20. The summed E-state index contributed by atoms with van der Waals surface area (Å²) in [6.45, 7) is -0.0416. The van der Waals surface area contributed by atoms with Crippen molar-refractivity contribution < 1.29 is 43.1 Å². The molecule has 4 rings (SSSR count). The molecule has 1 N–H and O–H groups in total. The third-order valence-electron chi connectivity index (χ3n) is 5.51. The van der Waals surface area contributed by atoms with Gasteiger partial charge in [0.1, 0.15) is 17.6 Å². The number of cyclic esters (lactones) is 1. The topological polar surface area (TPSA) is 102 Å². The lowest BCUT2D eigenvalue weighted by Crippen LogP contribution is -2.29. The minimum atomic E-state index is -2.05. The fourth-order valence-corrected chi connectivity index (χ4v) is 3.91. The smallest absolute Gasteiger partial charge is 0.345 e. The van der Waals surface area contributed by atoms with E-state index >= 15 is 0 Å². The molecule has 2 aromatic rings. The van der Waals surface area contributed by atoms with Crippen LogP contribution in [0.2, 0.25) is 0 Å². The number of aliphatic hydroxyl groups is 1. The Hall–Kier alpha value is -3.85. The van der Waals surface area contributed by atoms with Gasteiger partial charge < -0.3 is 38.3 Å². The van der Waals surface area contributed by atoms with Crippen LogP contribution < -0.4 is 18.9 Å². The van der Waals surface area contributed by atoms with Gasteiger partial charge in [-0.3, -0.25) is 0 Å². The van der Waals surface area contributed by atoms with Crippen molar-refractivity contribution in [3.8, 4) is 23.0 Å². The molecule has 0 spiro atoms. The molecule has 33 heavy (non-hydrogen) atoms. The molecule has 9 nitrogen and oxygen atoms in total. The number of hydrogen-bond acceptors (Lipinski definition) is 9. The molecule has 1 atom stereocenters. The van der Waals surface area contributed by atoms with Crippen molar-refractivity contribution in [1.29, 1.82) is 0 Å². The van der Waals surface area contributed by atoms with Crippen molar-refractivity contribution in [2.75, 3.05) is 35.2 Å². The Kier molecular flexibility index (Phi) is 6.06. The van der Waals surface area contributed by atoms with E-state index in [0.29, 0.717) is 34.1 Å². The van der Waals surface area contributed by atoms with Crippen LogP contribution in [0.5, 0.6) is 23.0 Å². The number of benzene rings is 2. The van der Waals surface area contributed by atoms with Gasteiger partial charge in [-0.1, -0.05) is 6.07 Å². The molecule has 0 aliphatic carbocycles. The van der Waals surface area contributed by atoms with Crippen LogP contribution in [0.15, 0.2) is 59.6 Å². The van der Waals surface area contributed by atoms with Gasteiger partial charge in [-0.15, -0.1) is 0 Å². The lowest BCUT2D eigenvalue weighted by Gasteiger charge is -2.26. The van der Waals surface area contributed by atoms with E-state index in [9.17, 15) is 9.90 Å². The zero-order valence-corrected chi connectivity index (χ0v) is 18.7. The molecule has 2 aromatic carbocycles. The average molecular weight is 456 g/mol. The first-order chi connectivity index (χ1) is 16.0. The zero-order valence-electron chi connectivity index (χ0n) is 18.7. The normalized spacial score (nSPS) is 19.4. The lowest BCUT2D eigenvalue weighted by molar-refractivity contribution is -0.186. The molecule has 0 bridgehead atoms. The Balaban J connectivity index is 1.87. The summed E-state index contributed by atoms with van der Waals surface area (Å²) >= 11 is 0. The minimum Gasteiger partial charge on any atom is -0.497 e. The Morgan fingerprint density at radius 1 is 0.939 bits per heavy atom. The summed E-state index contributed by atoms with van der Waals surface area (Å²) in [5.41, 5.74) is 1.33. The predicted molar refractivity (Wildman–Crippen MR) is 115 cm³/mol. The zero-order chi connectivity index (χ0) is 23.6. The quantitative estimate of drug-likeness (QED) is 0.601. The summed E-state index contributed by atoms with van der Waals surface area (Å²) in [6, 6.07) is 10.1. The summed E-state index contributed by atoms with van der Waals surface area (Å²) in [5.74, 6) is -0.751. The van der Waals surface area contributed by atoms with E-state index in [1.807, 2.05) is 0 Å². The van der Waals surface area contributed by atoms with Crippen molar-refractivity contribution in [2.45, 2.75) is 12.2 Å². The van der Waals surface area contributed by atoms with Gasteiger partial charge in [-0.2, -0.15) is 0 Å². The molecule has 174 valence electrons. The summed E-state index contributed by atoms with van der Waals surface area (Å²) in [4.78, 5) is 12.9. The van der Waals surface area contributed by atoms with Crippen LogP contribution in [0.4, 0.5) is 0 Å². The molecule has 0 radical (unpaired) electrons. The summed E-state index contributed by atoms with van der Waals surface area (Å²) in [6.07, 6.45) is 1.40. The van der Waals surface area contributed by atoms with E-state index in [2.05, 4.69) is 0 Å². The predicted octanol–water partition coefficient (Wildman–Crippen LogP) is 2.81. The molecule has 0 saturated carbocycles. The molecule has 2 aliphatic rings. The van der Waals surface area contributed by atoms with E-state index in [4.69, 9.17) is 33.2 Å². The highest BCUT2D eigenvalue weighted by Gasteiger charge is 2.50. The Morgan fingerprint density at radius 2 is 1.67 bits per heavy atom. The number of hydrogen-bond donors (Lipinski definition) is 1. The molecule has 0 fully saturated rings. The fourth-order valence-electron chi connectivity index (χ4n) is 3.91. The maximum Gasteiger partial charge on any atom is 0.345 e. The molecule has 0 saturated heterocycles. The summed E-state index contributed by atoms with van der Waals surface area (Å²) in [7, 11) is 6.06. The van der Waals surface area contributed by atoms with Crippen LogP contribution in [-0.2, 0) is 31.2 Å². The number of carbonyl (C=O) groups excluding carboxylic acids is 1. The molecule has 2 heterocycles. The van der Waals surface area contributed by atoms with Crippen molar-refractivity contribution in [2.24, 2.45) is 0 Å². The Bertz CT molecular complexity index is 1120. The van der Waals surface area contributed by atoms with E-state index < -0.39 is 11.8 Å². The first-order valence-electron chi connectivity index (χ1n) is 10.0. The number of esters is 1. The molecule has 0 aromatic heterocycles. The lowest BCUT2D eigenvalue weighted by atomic mass is 9.89. The largest absolute Gasteiger partial charge is 0.497 e. The minimum absolute atomic E-state index is 0.0416.